The lowest BCUT2D eigenvalue weighted by Crippen LogP contribution is -2.54. The first-order valence-corrected chi connectivity index (χ1v) is 10.4. The molecule has 0 aliphatic carbocycles. The number of pyridine rings is 2. The van der Waals surface area contributed by atoms with Crippen LogP contribution in [0, 0.1) is 0 Å². The summed E-state index contributed by atoms with van der Waals surface area (Å²) in [6.07, 6.45) is 3.76. The minimum atomic E-state index is 0. The predicted molar refractivity (Wildman–Crippen MR) is 127 cm³/mol. The number of piperazine rings is 1. The molecule has 0 radical (unpaired) electrons. The van der Waals surface area contributed by atoms with E-state index in [0.717, 1.165) is 35.1 Å². The smallest absolute Gasteiger partial charge is 0.161 e. The third kappa shape index (κ3) is 4.01. The normalized spacial score (nSPS) is 19.0. The number of phenolic OH excluding ortho intramolecular Hbond substituents is 1. The molecule has 0 spiro atoms. The lowest BCUT2D eigenvalue weighted by molar-refractivity contribution is 0.407. The van der Waals surface area contributed by atoms with Gasteiger partial charge in [0.15, 0.2) is 5.65 Å². The fraction of sp³-hybridized carbons (Fsp3) is 0.318. The van der Waals surface area contributed by atoms with Crippen LogP contribution in [0.1, 0.15) is 13.8 Å². The summed E-state index contributed by atoms with van der Waals surface area (Å²) in [5.74, 6) is 0.115. The number of rotatable bonds is 2. The summed E-state index contributed by atoms with van der Waals surface area (Å²) in [6, 6.07) is 8.18. The summed E-state index contributed by atoms with van der Waals surface area (Å²) in [6.45, 7) is 6.20. The Bertz CT molecular complexity index is 1260. The third-order valence-electron chi connectivity index (χ3n) is 5.53. The van der Waals surface area contributed by atoms with Crippen LogP contribution in [-0.4, -0.2) is 50.0 Å². The van der Waals surface area contributed by atoms with Crippen molar-refractivity contribution in [3.8, 4) is 17.0 Å². The first kappa shape index (κ1) is 21.6. The van der Waals surface area contributed by atoms with Crippen LogP contribution in [0.3, 0.4) is 0 Å². The van der Waals surface area contributed by atoms with E-state index >= 15 is 0 Å². The van der Waals surface area contributed by atoms with Crippen LogP contribution in [0.2, 0.25) is 5.02 Å². The number of hydrogen-bond donors (Lipinski definition) is 2. The van der Waals surface area contributed by atoms with E-state index in [1.807, 2.05) is 25.5 Å². The largest absolute Gasteiger partial charge is 0.507 e. The van der Waals surface area contributed by atoms with Crippen molar-refractivity contribution < 1.29 is 5.11 Å². The summed E-state index contributed by atoms with van der Waals surface area (Å²) in [5, 5.41) is 20.7. The van der Waals surface area contributed by atoms with Crippen molar-refractivity contribution in [3.05, 3.63) is 41.7 Å². The summed E-state index contributed by atoms with van der Waals surface area (Å²) in [5.41, 5.74) is 3.52. The molecule has 4 aromatic rings. The number of phenols is 1. The van der Waals surface area contributed by atoms with Gasteiger partial charge < -0.3 is 15.3 Å². The molecule has 0 bridgehead atoms. The van der Waals surface area contributed by atoms with Gasteiger partial charge in [-0.15, -0.1) is 12.4 Å². The second-order valence-electron chi connectivity index (χ2n) is 8.16. The summed E-state index contributed by atoms with van der Waals surface area (Å²) < 4.78 is 1.72. The first-order chi connectivity index (χ1) is 14.4. The van der Waals surface area contributed by atoms with E-state index in [1.165, 1.54) is 0 Å². The Hall–Kier alpha value is -2.61. The number of hydrogen-bond acceptors (Lipinski definition) is 6. The standard InChI is InChI=1S/C22H23ClN6O.ClH/c1-12-9-29(10-13(2)25-12)15-5-16-18(23)6-20(26-22(16)24-8-15)17-4-14-11-28(3)27-19(14)7-21(17)30;/h4-8,11-13,25,30H,9-10H2,1-3H3;1H/t12-,13-;/m1./s1. The highest BCUT2D eigenvalue weighted by molar-refractivity contribution is 6.35. The van der Waals surface area contributed by atoms with E-state index in [-0.39, 0.29) is 18.2 Å². The second kappa shape index (κ2) is 8.15. The zero-order valence-corrected chi connectivity index (χ0v) is 19.1. The molecule has 3 aromatic heterocycles. The highest BCUT2D eigenvalue weighted by Crippen LogP contribution is 2.35. The monoisotopic (exact) mass is 458 g/mol. The molecule has 2 N–H and O–H groups in total. The summed E-state index contributed by atoms with van der Waals surface area (Å²) in [7, 11) is 1.85. The minimum Gasteiger partial charge on any atom is -0.507 e. The second-order valence-corrected chi connectivity index (χ2v) is 8.57. The van der Waals surface area contributed by atoms with E-state index < -0.39 is 0 Å². The molecule has 4 heterocycles. The van der Waals surface area contributed by atoms with E-state index in [1.54, 1.807) is 16.8 Å². The quantitative estimate of drug-likeness (QED) is 0.469. The highest BCUT2D eigenvalue weighted by atomic mass is 35.5. The van der Waals surface area contributed by atoms with E-state index in [0.29, 0.717) is 34.0 Å². The molecule has 0 amide bonds. The molecule has 31 heavy (non-hydrogen) atoms. The van der Waals surface area contributed by atoms with Gasteiger partial charge in [0.05, 0.1) is 28.1 Å². The van der Waals surface area contributed by atoms with Gasteiger partial charge in [0.25, 0.3) is 0 Å². The maximum absolute atomic E-state index is 10.5. The van der Waals surface area contributed by atoms with Crippen LogP contribution in [0.15, 0.2) is 36.7 Å². The molecule has 1 aliphatic rings. The topological polar surface area (TPSA) is 79.1 Å². The minimum absolute atomic E-state index is 0. The maximum Gasteiger partial charge on any atom is 0.161 e. The van der Waals surface area contributed by atoms with Crippen LogP contribution in [0.5, 0.6) is 5.75 Å². The molecular formula is C22H24Cl2N6O. The fourth-order valence-electron chi connectivity index (χ4n) is 4.29. The Balaban J connectivity index is 0.00000231. The van der Waals surface area contributed by atoms with E-state index in [9.17, 15) is 5.11 Å². The number of nitrogens with zero attached hydrogens (tertiary/aromatic N) is 5. The van der Waals surface area contributed by atoms with Crippen LogP contribution in [-0.2, 0) is 7.05 Å². The SMILES string of the molecule is C[C@@H]1CN(c2cnc3nc(-c4cc5cn(C)nc5cc4O)cc(Cl)c3c2)C[C@@H](C)N1.Cl. The Morgan fingerprint density at radius 3 is 2.61 bits per heavy atom. The number of fused-ring (bicyclic) bond motifs is 2. The lowest BCUT2D eigenvalue weighted by Gasteiger charge is -2.37. The van der Waals surface area contributed by atoms with Crippen LogP contribution in [0.4, 0.5) is 5.69 Å². The van der Waals surface area contributed by atoms with Gasteiger partial charge in [-0.2, -0.15) is 5.10 Å². The van der Waals surface area contributed by atoms with E-state index in [4.69, 9.17) is 11.6 Å². The molecule has 1 fully saturated rings. The zero-order chi connectivity index (χ0) is 21.0. The molecule has 0 saturated carbocycles. The molecule has 162 valence electrons. The van der Waals surface area contributed by atoms with Crippen molar-refractivity contribution in [2.24, 2.45) is 7.05 Å². The number of anilines is 1. The fourth-order valence-corrected chi connectivity index (χ4v) is 4.54. The first-order valence-electron chi connectivity index (χ1n) is 10.0. The summed E-state index contributed by atoms with van der Waals surface area (Å²) >= 11 is 6.65. The molecule has 1 aliphatic heterocycles. The van der Waals surface area contributed by atoms with Gasteiger partial charge in [0.2, 0.25) is 0 Å². The van der Waals surface area contributed by atoms with Gasteiger partial charge in [-0.3, -0.25) is 4.68 Å². The van der Waals surface area contributed by atoms with Crippen molar-refractivity contribution in [1.82, 2.24) is 25.1 Å². The Labute approximate surface area is 191 Å². The van der Waals surface area contributed by atoms with Crippen molar-refractivity contribution in [3.63, 3.8) is 0 Å². The van der Waals surface area contributed by atoms with Crippen molar-refractivity contribution in [2.45, 2.75) is 25.9 Å². The van der Waals surface area contributed by atoms with Crippen molar-refractivity contribution >= 4 is 51.6 Å². The molecule has 0 unspecified atom stereocenters. The molecule has 9 heteroatoms. The van der Waals surface area contributed by atoms with Crippen LogP contribution < -0.4 is 10.2 Å². The Morgan fingerprint density at radius 2 is 1.87 bits per heavy atom. The molecular weight excluding hydrogens is 435 g/mol. The number of nitrogens with one attached hydrogen (secondary N) is 1. The average molecular weight is 459 g/mol. The van der Waals surface area contributed by atoms with Gasteiger partial charge in [-0.1, -0.05) is 11.6 Å². The summed E-state index contributed by atoms with van der Waals surface area (Å²) in [4.78, 5) is 11.6. The number of aryl methyl sites for hydroxylation is 1. The van der Waals surface area contributed by atoms with Gasteiger partial charge in [-0.25, -0.2) is 9.97 Å². The van der Waals surface area contributed by atoms with Crippen molar-refractivity contribution in [1.29, 1.82) is 0 Å². The Morgan fingerprint density at radius 1 is 1.13 bits per heavy atom. The van der Waals surface area contributed by atoms with Crippen molar-refractivity contribution in [2.75, 3.05) is 18.0 Å². The van der Waals surface area contributed by atoms with Gasteiger partial charge in [0, 0.05) is 60.8 Å². The van der Waals surface area contributed by atoms with Crippen LogP contribution >= 0.6 is 24.0 Å². The van der Waals surface area contributed by atoms with Gasteiger partial charge >= 0.3 is 0 Å². The van der Waals surface area contributed by atoms with E-state index in [2.05, 4.69) is 45.2 Å². The molecule has 5 rings (SSSR count). The van der Waals surface area contributed by atoms with Crippen LogP contribution in [0.25, 0.3) is 33.2 Å². The number of aromatic hydroxyl groups is 1. The molecule has 2 atom stereocenters. The average Bonchev–Trinajstić information content (AvgIpc) is 3.05. The molecule has 1 aromatic carbocycles. The van der Waals surface area contributed by atoms with Gasteiger partial charge in [-0.05, 0) is 32.0 Å². The Kier molecular flexibility index (Phi) is 5.68. The number of halogens is 2. The van der Waals surface area contributed by atoms with Gasteiger partial charge in [0.1, 0.15) is 5.75 Å². The predicted octanol–water partition coefficient (Wildman–Crippen LogP) is 4.15. The molecule has 7 nitrogen and oxygen atoms in total. The molecule has 1 saturated heterocycles. The number of aromatic nitrogens is 4. The zero-order valence-electron chi connectivity index (χ0n) is 17.5. The number of benzene rings is 1. The highest BCUT2D eigenvalue weighted by Gasteiger charge is 2.22. The maximum atomic E-state index is 10.5. The third-order valence-corrected chi connectivity index (χ3v) is 5.85. The lowest BCUT2D eigenvalue weighted by atomic mass is 10.1.